The summed E-state index contributed by atoms with van der Waals surface area (Å²) in [6.45, 7) is 10.8. The van der Waals surface area contributed by atoms with E-state index in [4.69, 9.17) is 4.74 Å². The third kappa shape index (κ3) is 6.34. The highest BCUT2D eigenvalue weighted by Gasteiger charge is 2.28. The molecule has 2 aromatic rings. The molecule has 0 saturated heterocycles. The molecule has 2 rings (SSSR count). The van der Waals surface area contributed by atoms with E-state index in [0.717, 1.165) is 28.7 Å². The normalized spacial score (nSPS) is 11.6. The van der Waals surface area contributed by atoms with Crippen LogP contribution < -0.4 is 10.1 Å². The zero-order chi connectivity index (χ0) is 22.1. The van der Waals surface area contributed by atoms with Gasteiger partial charge in [0, 0.05) is 13.1 Å². The van der Waals surface area contributed by atoms with E-state index in [1.807, 2.05) is 71.0 Å². The highest BCUT2D eigenvalue weighted by molar-refractivity contribution is 5.88. The maximum Gasteiger partial charge on any atom is 0.261 e. The minimum absolute atomic E-state index is 0.103. The fourth-order valence-electron chi connectivity index (χ4n) is 3.44. The Morgan fingerprint density at radius 1 is 1.07 bits per heavy atom. The molecule has 0 fully saturated rings. The van der Waals surface area contributed by atoms with Gasteiger partial charge in [-0.3, -0.25) is 9.59 Å². The Balaban J connectivity index is 2.22. The van der Waals surface area contributed by atoms with Crippen LogP contribution in [0.3, 0.4) is 0 Å². The van der Waals surface area contributed by atoms with Crippen LogP contribution in [-0.4, -0.2) is 35.9 Å². The second kappa shape index (κ2) is 11.4. The monoisotopic (exact) mass is 410 g/mol. The maximum atomic E-state index is 13.2. The van der Waals surface area contributed by atoms with Crippen molar-refractivity contribution in [1.29, 1.82) is 0 Å². The summed E-state index contributed by atoms with van der Waals surface area (Å²) in [5.74, 6) is 0.395. The van der Waals surface area contributed by atoms with Gasteiger partial charge in [-0.2, -0.15) is 0 Å². The molecular weight excluding hydrogens is 376 g/mol. The van der Waals surface area contributed by atoms with Crippen LogP contribution in [0.2, 0.25) is 0 Å². The zero-order valence-electron chi connectivity index (χ0n) is 18.8. The molecule has 0 saturated carbocycles. The average molecular weight is 411 g/mol. The van der Waals surface area contributed by atoms with Crippen LogP contribution in [0.4, 0.5) is 0 Å². The van der Waals surface area contributed by atoms with Gasteiger partial charge in [-0.15, -0.1) is 0 Å². The number of ether oxygens (including phenoxy) is 1. The molecule has 0 aliphatic carbocycles. The first-order chi connectivity index (χ1) is 14.4. The number of benzene rings is 2. The summed E-state index contributed by atoms with van der Waals surface area (Å²) in [7, 11) is 0. The van der Waals surface area contributed by atoms with E-state index in [2.05, 4.69) is 11.4 Å². The fourth-order valence-corrected chi connectivity index (χ4v) is 3.44. The van der Waals surface area contributed by atoms with Crippen molar-refractivity contribution in [1.82, 2.24) is 10.2 Å². The van der Waals surface area contributed by atoms with E-state index in [9.17, 15) is 9.59 Å². The van der Waals surface area contributed by atoms with Gasteiger partial charge in [0.2, 0.25) is 5.91 Å². The predicted molar refractivity (Wildman–Crippen MR) is 121 cm³/mol. The number of hydrogen-bond donors (Lipinski definition) is 1. The third-order valence-corrected chi connectivity index (χ3v) is 5.25. The molecule has 0 unspecified atom stereocenters. The van der Waals surface area contributed by atoms with Gasteiger partial charge >= 0.3 is 0 Å². The molecule has 5 nitrogen and oxygen atoms in total. The predicted octanol–water partition coefficient (Wildman–Crippen LogP) is 4.32. The Morgan fingerprint density at radius 2 is 1.77 bits per heavy atom. The zero-order valence-corrected chi connectivity index (χ0v) is 18.8. The molecule has 0 bridgehead atoms. The molecule has 1 N–H and O–H groups in total. The number of rotatable bonds is 10. The second-order valence-electron chi connectivity index (χ2n) is 7.72. The van der Waals surface area contributed by atoms with E-state index in [-0.39, 0.29) is 18.4 Å². The van der Waals surface area contributed by atoms with Gasteiger partial charge in [-0.1, -0.05) is 50.2 Å². The Labute approximate surface area is 180 Å². The van der Waals surface area contributed by atoms with Crippen molar-refractivity contribution < 1.29 is 14.3 Å². The van der Waals surface area contributed by atoms with Gasteiger partial charge < -0.3 is 15.0 Å². The first-order valence-electron chi connectivity index (χ1n) is 10.7. The lowest BCUT2D eigenvalue weighted by molar-refractivity contribution is -0.143. The van der Waals surface area contributed by atoms with E-state index in [1.165, 1.54) is 0 Å². The molecular formula is C25H34N2O3. The van der Waals surface area contributed by atoms with Crippen molar-refractivity contribution in [2.45, 2.75) is 60.0 Å². The molecule has 30 heavy (non-hydrogen) atoms. The second-order valence-corrected chi connectivity index (χ2v) is 7.72. The van der Waals surface area contributed by atoms with E-state index in [0.29, 0.717) is 25.3 Å². The summed E-state index contributed by atoms with van der Waals surface area (Å²) in [5, 5.41) is 2.93. The Bertz CT molecular complexity index is 849. The molecule has 1 atom stereocenters. The molecule has 0 heterocycles. The minimum atomic E-state index is -0.534. The summed E-state index contributed by atoms with van der Waals surface area (Å²) in [6, 6.07) is 13.2. The smallest absolute Gasteiger partial charge is 0.261 e. The van der Waals surface area contributed by atoms with Gasteiger partial charge in [0.05, 0.1) is 0 Å². The van der Waals surface area contributed by atoms with Gasteiger partial charge in [0.25, 0.3) is 5.91 Å². The average Bonchev–Trinajstić information content (AvgIpc) is 2.74. The van der Waals surface area contributed by atoms with Crippen molar-refractivity contribution in [3.63, 3.8) is 0 Å². The molecule has 0 aromatic heterocycles. The molecule has 2 amide bonds. The molecule has 2 aromatic carbocycles. The number of nitrogens with zero attached hydrogens (tertiary/aromatic N) is 1. The first-order valence-corrected chi connectivity index (χ1v) is 10.7. The van der Waals surface area contributed by atoms with Crippen molar-refractivity contribution in [3.05, 3.63) is 64.7 Å². The van der Waals surface area contributed by atoms with Crippen molar-refractivity contribution >= 4 is 11.8 Å². The van der Waals surface area contributed by atoms with Gasteiger partial charge in [0.15, 0.2) is 6.61 Å². The van der Waals surface area contributed by atoms with Crippen LogP contribution in [0.25, 0.3) is 0 Å². The van der Waals surface area contributed by atoms with Crippen LogP contribution in [0.1, 0.15) is 48.9 Å². The molecule has 0 aliphatic rings. The Hall–Kier alpha value is -2.82. The van der Waals surface area contributed by atoms with E-state index >= 15 is 0 Å². The minimum Gasteiger partial charge on any atom is -0.483 e. The summed E-state index contributed by atoms with van der Waals surface area (Å²) in [6.07, 6.45) is 1.39. The van der Waals surface area contributed by atoms with Crippen LogP contribution in [-0.2, 0) is 16.1 Å². The topological polar surface area (TPSA) is 58.6 Å². The van der Waals surface area contributed by atoms with Gasteiger partial charge in [0.1, 0.15) is 11.8 Å². The van der Waals surface area contributed by atoms with E-state index < -0.39 is 6.04 Å². The fraction of sp³-hybridized carbons (Fsp3) is 0.440. The van der Waals surface area contributed by atoms with Crippen LogP contribution in [0.15, 0.2) is 42.5 Å². The first kappa shape index (κ1) is 23.5. The molecule has 162 valence electrons. The number of carbonyl (C=O) groups is 2. The van der Waals surface area contributed by atoms with Crippen molar-refractivity contribution in [2.75, 3.05) is 13.2 Å². The maximum absolute atomic E-state index is 13.2. The lowest BCUT2D eigenvalue weighted by Gasteiger charge is -2.30. The van der Waals surface area contributed by atoms with Gasteiger partial charge in [-0.25, -0.2) is 0 Å². The van der Waals surface area contributed by atoms with E-state index in [1.54, 1.807) is 4.90 Å². The largest absolute Gasteiger partial charge is 0.483 e. The number of amides is 2. The molecule has 0 spiro atoms. The molecule has 0 radical (unpaired) electrons. The molecule has 5 heteroatoms. The van der Waals surface area contributed by atoms with Gasteiger partial charge in [-0.05, 0) is 61.9 Å². The third-order valence-electron chi connectivity index (χ3n) is 5.25. The van der Waals surface area contributed by atoms with Crippen LogP contribution in [0.5, 0.6) is 5.75 Å². The summed E-state index contributed by atoms with van der Waals surface area (Å²) in [4.78, 5) is 27.6. The highest BCUT2D eigenvalue weighted by Crippen LogP contribution is 2.23. The Kier molecular flexibility index (Phi) is 8.90. The lowest BCUT2D eigenvalue weighted by atomic mass is 10.1. The summed E-state index contributed by atoms with van der Waals surface area (Å²) in [5.41, 5.74) is 4.22. The highest BCUT2D eigenvalue weighted by atomic mass is 16.5. The van der Waals surface area contributed by atoms with Crippen molar-refractivity contribution in [2.24, 2.45) is 0 Å². The molecule has 0 aliphatic heterocycles. The number of nitrogens with one attached hydrogen (secondary N) is 1. The quantitative estimate of drug-likeness (QED) is 0.634. The van der Waals surface area contributed by atoms with Crippen LogP contribution in [0, 0.1) is 20.8 Å². The number of aryl methyl sites for hydroxylation is 2. The van der Waals surface area contributed by atoms with Crippen LogP contribution >= 0.6 is 0 Å². The lowest BCUT2D eigenvalue weighted by Crippen LogP contribution is -2.50. The SMILES string of the molecule is CCCNC(=O)[C@H](CC)N(Cc1ccccc1)C(=O)COc1cc(C)cc(C)c1C. The number of hydrogen-bond acceptors (Lipinski definition) is 3. The summed E-state index contributed by atoms with van der Waals surface area (Å²) < 4.78 is 5.91. The summed E-state index contributed by atoms with van der Waals surface area (Å²) >= 11 is 0. The standard InChI is InChI=1S/C25H34N2O3/c1-6-13-26-25(29)22(7-2)27(16-21-11-9-8-10-12-21)24(28)17-30-23-15-18(3)14-19(4)20(23)5/h8-12,14-15,22H,6-7,13,16-17H2,1-5H3,(H,26,29)/t22-/m0/s1. The number of carbonyl (C=O) groups excluding carboxylic acids is 2. The van der Waals surface area contributed by atoms with Crippen molar-refractivity contribution in [3.8, 4) is 5.75 Å². The Morgan fingerprint density at radius 3 is 2.40 bits per heavy atom.